The van der Waals surface area contributed by atoms with E-state index in [0.717, 1.165) is 19.3 Å². The summed E-state index contributed by atoms with van der Waals surface area (Å²) >= 11 is 6.60. The monoisotopic (exact) mass is 665 g/mol. The zero-order valence-electron chi connectivity index (χ0n) is 27.4. The van der Waals surface area contributed by atoms with Gasteiger partial charge in [-0.3, -0.25) is 14.4 Å². The molecule has 4 N–H and O–H groups in total. The van der Waals surface area contributed by atoms with Crippen molar-refractivity contribution in [3.8, 4) is 0 Å². The second-order valence-electron chi connectivity index (χ2n) is 11.5. The van der Waals surface area contributed by atoms with Gasteiger partial charge in [0.1, 0.15) is 0 Å². The number of anilines is 2. The van der Waals surface area contributed by atoms with Crippen molar-refractivity contribution in [3.63, 3.8) is 0 Å². The molecule has 1 aromatic heterocycles. The maximum atomic E-state index is 13.8. The van der Waals surface area contributed by atoms with Crippen LogP contribution in [-0.2, 0) is 19.1 Å². The van der Waals surface area contributed by atoms with Crippen LogP contribution in [0.25, 0.3) is 11.0 Å². The fourth-order valence-corrected chi connectivity index (χ4v) is 5.96. The predicted molar refractivity (Wildman–Crippen MR) is 183 cm³/mol. The Bertz CT molecular complexity index is 1620. The van der Waals surface area contributed by atoms with Gasteiger partial charge in [-0.1, -0.05) is 61.8 Å². The first-order chi connectivity index (χ1) is 22.7. The Morgan fingerprint density at radius 2 is 2.11 bits per heavy atom. The van der Waals surface area contributed by atoms with E-state index in [1.165, 1.54) is 16.0 Å². The van der Waals surface area contributed by atoms with Gasteiger partial charge in [0.2, 0.25) is 6.41 Å². The van der Waals surface area contributed by atoms with Crippen LogP contribution in [0, 0.1) is 5.92 Å². The number of aliphatic hydroxyl groups is 1. The highest BCUT2D eigenvalue weighted by Gasteiger charge is 2.29. The summed E-state index contributed by atoms with van der Waals surface area (Å²) in [4.78, 5) is 41.9. The molecule has 2 aliphatic carbocycles. The van der Waals surface area contributed by atoms with E-state index in [2.05, 4.69) is 29.5 Å². The van der Waals surface area contributed by atoms with Gasteiger partial charge in [-0.15, -0.1) is 0 Å². The number of hydrogen-bond acceptors (Lipinski definition) is 8. The molecule has 2 unspecified atom stereocenters. The van der Waals surface area contributed by atoms with Gasteiger partial charge in [-0.25, -0.2) is 0 Å². The molecule has 11 nitrogen and oxygen atoms in total. The minimum Gasteiger partial charge on any atom is -0.381 e. The smallest absolute Gasteiger partial charge is 0.255 e. The summed E-state index contributed by atoms with van der Waals surface area (Å²) in [7, 11) is 0. The Morgan fingerprint density at radius 3 is 2.87 bits per heavy atom. The third-order valence-electron chi connectivity index (χ3n) is 8.40. The zero-order valence-corrected chi connectivity index (χ0v) is 28.1. The Balaban J connectivity index is 0.00000245. The molecular formula is C35H44ClN5O6. The standard InChI is InChI=1S/C33H38ClN5O6.C2H6/c1-20-6-3-7-22-8-5-13-38(18-27(20)22)33(43)26-17-24(9-4-10-28(26)34)39(19-40)14-15-44-21(2)30(41)32(42)36-23-11-12-25-29(16-23)45-37-31(25)35;1-2/h3,7,9-12,16-17,19-21,30,41H,4-6,8,13-15,18H2,1-2H3,(H2,35,37)(H,36,42);1-2H3/t20?,21?,30-;/m1./s1. The molecule has 0 saturated carbocycles. The van der Waals surface area contributed by atoms with Crippen LogP contribution in [-0.4, -0.2) is 76.7 Å². The van der Waals surface area contributed by atoms with Crippen molar-refractivity contribution in [1.82, 2.24) is 15.0 Å². The number of benzene rings is 1. The van der Waals surface area contributed by atoms with Gasteiger partial charge in [0.15, 0.2) is 17.5 Å². The van der Waals surface area contributed by atoms with Gasteiger partial charge in [0.05, 0.1) is 23.7 Å². The number of nitrogen functional groups attached to an aromatic ring is 1. The number of ether oxygens (including phenoxy) is 1. The van der Waals surface area contributed by atoms with Gasteiger partial charge in [-0.2, -0.15) is 0 Å². The third-order valence-corrected chi connectivity index (χ3v) is 8.75. The molecule has 0 radical (unpaired) electrons. The highest BCUT2D eigenvalue weighted by atomic mass is 35.5. The molecule has 0 saturated heterocycles. The van der Waals surface area contributed by atoms with Crippen LogP contribution >= 0.6 is 11.6 Å². The fourth-order valence-electron chi connectivity index (χ4n) is 5.74. The van der Waals surface area contributed by atoms with Gasteiger partial charge >= 0.3 is 0 Å². The van der Waals surface area contributed by atoms with Gasteiger partial charge in [0.25, 0.3) is 11.8 Å². The van der Waals surface area contributed by atoms with Crippen molar-refractivity contribution < 1.29 is 28.8 Å². The van der Waals surface area contributed by atoms with E-state index in [9.17, 15) is 19.5 Å². The Hall–Kier alpha value is -4.19. The number of nitrogens with one attached hydrogen (secondary N) is 1. The normalized spacial score (nSPS) is 19.1. The average Bonchev–Trinajstić information content (AvgIpc) is 3.21. The zero-order chi connectivity index (χ0) is 34.1. The van der Waals surface area contributed by atoms with E-state index < -0.39 is 18.1 Å². The highest BCUT2D eigenvalue weighted by molar-refractivity contribution is 6.35. The second-order valence-corrected chi connectivity index (χ2v) is 11.9. The number of nitrogens with two attached hydrogens (primary N) is 1. The molecule has 252 valence electrons. The molecule has 2 heterocycles. The Labute approximate surface area is 280 Å². The van der Waals surface area contributed by atoms with Crippen LogP contribution in [0.15, 0.2) is 80.6 Å². The number of aliphatic hydroxyl groups excluding tert-OH is 1. The molecule has 1 aromatic carbocycles. The summed E-state index contributed by atoms with van der Waals surface area (Å²) in [5, 5.41) is 17.8. The van der Waals surface area contributed by atoms with Crippen molar-refractivity contribution in [2.24, 2.45) is 5.92 Å². The molecule has 3 atom stereocenters. The minimum absolute atomic E-state index is 0.0254. The third kappa shape index (κ3) is 8.59. The highest BCUT2D eigenvalue weighted by Crippen LogP contribution is 2.33. The second kappa shape index (κ2) is 16.6. The topological polar surface area (TPSA) is 151 Å². The van der Waals surface area contributed by atoms with E-state index in [4.69, 9.17) is 26.6 Å². The minimum atomic E-state index is -1.49. The van der Waals surface area contributed by atoms with Crippen molar-refractivity contribution in [1.29, 1.82) is 0 Å². The molecule has 3 amide bonds. The predicted octanol–water partition coefficient (Wildman–Crippen LogP) is 5.45. The summed E-state index contributed by atoms with van der Waals surface area (Å²) in [5.41, 5.74) is 9.99. The van der Waals surface area contributed by atoms with E-state index >= 15 is 0 Å². The maximum Gasteiger partial charge on any atom is 0.255 e. The van der Waals surface area contributed by atoms with Crippen LogP contribution in [0.2, 0.25) is 0 Å². The first-order valence-corrected chi connectivity index (χ1v) is 16.5. The Morgan fingerprint density at radius 1 is 1.32 bits per heavy atom. The van der Waals surface area contributed by atoms with Crippen LogP contribution in [0.4, 0.5) is 11.5 Å². The molecule has 1 aliphatic heterocycles. The van der Waals surface area contributed by atoms with Gasteiger partial charge < -0.3 is 35.2 Å². The summed E-state index contributed by atoms with van der Waals surface area (Å²) in [5.74, 6) is -0.221. The van der Waals surface area contributed by atoms with Crippen molar-refractivity contribution >= 4 is 52.3 Å². The number of allylic oxidation sites excluding steroid dienone is 6. The number of fused-ring (bicyclic) bond motifs is 1. The molecule has 0 fully saturated rings. The van der Waals surface area contributed by atoms with Gasteiger partial charge in [0, 0.05) is 42.1 Å². The number of aromatic nitrogens is 1. The van der Waals surface area contributed by atoms with Gasteiger partial charge in [-0.05, 0) is 67.9 Å². The molecule has 0 bridgehead atoms. The van der Waals surface area contributed by atoms with Crippen LogP contribution in [0.1, 0.15) is 53.4 Å². The number of nitrogens with zero attached hydrogens (tertiary/aromatic N) is 3. The van der Waals surface area contributed by atoms with Crippen molar-refractivity contribution in [3.05, 3.63) is 76.0 Å². The average molecular weight is 666 g/mol. The molecule has 3 aliphatic rings. The van der Waals surface area contributed by atoms with Crippen molar-refractivity contribution in [2.45, 2.75) is 65.6 Å². The number of carbonyl (C=O) groups excluding carboxylic acids is 3. The summed E-state index contributed by atoms with van der Waals surface area (Å²) in [6.07, 6.45) is 11.1. The number of carbonyl (C=O) groups is 3. The summed E-state index contributed by atoms with van der Waals surface area (Å²) in [6.45, 7) is 9.08. The number of halogens is 1. The number of rotatable bonds is 10. The van der Waals surface area contributed by atoms with Crippen LogP contribution in [0.3, 0.4) is 0 Å². The molecule has 5 rings (SSSR count). The SMILES string of the molecule is CC.CC1CC=CC2=C1CN(C(=O)C1=CC(N(C=O)CCOC(C)[C@@H](O)C(=O)Nc3ccc4c(N)noc4c3)=CCC=C1Cl)CCC2. The number of amides is 3. The van der Waals surface area contributed by atoms with E-state index in [-0.39, 0.29) is 24.9 Å². The lowest BCUT2D eigenvalue weighted by Crippen LogP contribution is -2.39. The first kappa shape index (κ1) is 35.7. The summed E-state index contributed by atoms with van der Waals surface area (Å²) < 4.78 is 10.8. The van der Waals surface area contributed by atoms with E-state index in [1.54, 1.807) is 37.3 Å². The first-order valence-electron chi connectivity index (χ1n) is 16.1. The van der Waals surface area contributed by atoms with Crippen LogP contribution < -0.4 is 11.1 Å². The van der Waals surface area contributed by atoms with Crippen molar-refractivity contribution in [2.75, 3.05) is 37.3 Å². The largest absolute Gasteiger partial charge is 0.381 e. The lowest BCUT2D eigenvalue weighted by atomic mass is 9.87. The van der Waals surface area contributed by atoms with E-state index in [0.29, 0.717) is 64.8 Å². The molecule has 47 heavy (non-hydrogen) atoms. The lowest BCUT2D eigenvalue weighted by molar-refractivity contribution is -0.132. The van der Waals surface area contributed by atoms with E-state index in [1.807, 2.05) is 24.8 Å². The molecular weight excluding hydrogens is 622 g/mol. The molecule has 12 heteroatoms. The quantitative estimate of drug-likeness (QED) is 0.284. The van der Waals surface area contributed by atoms with Crippen LogP contribution in [0.5, 0.6) is 0 Å². The molecule has 2 aromatic rings. The Kier molecular flexibility index (Phi) is 12.6. The number of hydrogen-bond donors (Lipinski definition) is 3. The lowest BCUT2D eigenvalue weighted by Gasteiger charge is -2.27. The fraction of sp³-hybridized carbons (Fsp3) is 0.429. The molecule has 0 spiro atoms. The maximum absolute atomic E-state index is 13.8. The summed E-state index contributed by atoms with van der Waals surface area (Å²) in [6, 6.07) is 4.84.